The summed E-state index contributed by atoms with van der Waals surface area (Å²) in [5.74, 6) is 3.66. The fourth-order valence-electron chi connectivity index (χ4n) is 11.7. The average Bonchev–Trinajstić information content (AvgIpc) is 3.22. The Morgan fingerprint density at radius 3 is 1.19 bits per heavy atom. The lowest BCUT2D eigenvalue weighted by atomic mass is 9.53. The number of hydrogen-bond donors (Lipinski definition) is 3. The standard InChI is InChI=1S/C33H39N3O5S2/c37-34-31-29-11-25(42(38,39)35-32-13-19-5-20(14-32)7-21(6-19)15-32)1-3-27(29)28-4-2-26(12-30(28)31)43(40,41)36-33-16-22-8-23(17-33)10-24(9-22)18-33/h1-4,11-12,19-24,35-37H,5-10,13-18H2. The summed E-state index contributed by atoms with van der Waals surface area (Å²) in [5.41, 5.74) is 1.92. The van der Waals surface area contributed by atoms with Crippen LogP contribution in [0.4, 0.5) is 0 Å². The molecule has 2 aromatic carbocycles. The molecule has 0 saturated heterocycles. The van der Waals surface area contributed by atoms with E-state index in [-0.39, 0.29) is 26.6 Å². The van der Waals surface area contributed by atoms with E-state index in [1.807, 2.05) is 0 Å². The van der Waals surface area contributed by atoms with E-state index in [0.29, 0.717) is 46.6 Å². The monoisotopic (exact) mass is 621 g/mol. The molecule has 3 N–H and O–H groups in total. The maximum Gasteiger partial charge on any atom is 0.241 e. The van der Waals surface area contributed by atoms with Gasteiger partial charge in [0.2, 0.25) is 20.0 Å². The average molecular weight is 622 g/mol. The maximum absolute atomic E-state index is 13.8. The first-order chi connectivity index (χ1) is 20.5. The van der Waals surface area contributed by atoms with Gasteiger partial charge in [0.05, 0.1) is 9.79 Å². The van der Waals surface area contributed by atoms with E-state index in [0.717, 1.165) is 49.7 Å². The molecule has 0 aromatic heterocycles. The van der Waals surface area contributed by atoms with Crippen LogP contribution in [0.25, 0.3) is 11.1 Å². The summed E-state index contributed by atoms with van der Waals surface area (Å²) in [6, 6.07) is 9.89. The highest BCUT2D eigenvalue weighted by atomic mass is 32.2. The van der Waals surface area contributed by atoms with Crippen LogP contribution in [0, 0.1) is 35.5 Å². The van der Waals surface area contributed by atoms with Crippen LogP contribution in [0.5, 0.6) is 0 Å². The van der Waals surface area contributed by atoms with Crippen molar-refractivity contribution in [2.24, 2.45) is 40.7 Å². The quantitative estimate of drug-likeness (QED) is 0.252. The van der Waals surface area contributed by atoms with E-state index in [2.05, 4.69) is 14.6 Å². The highest BCUT2D eigenvalue weighted by Gasteiger charge is 2.54. The molecular formula is C33H39N3O5S2. The number of sulfonamides is 2. The molecule has 0 heterocycles. The molecule has 43 heavy (non-hydrogen) atoms. The number of nitrogens with zero attached hydrogens (tertiary/aromatic N) is 1. The van der Waals surface area contributed by atoms with Gasteiger partial charge in [-0.1, -0.05) is 17.3 Å². The summed E-state index contributed by atoms with van der Waals surface area (Å²) in [5, 5.41) is 13.7. The van der Waals surface area contributed by atoms with Crippen molar-refractivity contribution in [3.63, 3.8) is 0 Å². The summed E-state index contributed by atoms with van der Waals surface area (Å²) in [7, 11) is -7.63. The van der Waals surface area contributed by atoms with Crippen LogP contribution in [-0.2, 0) is 20.0 Å². The molecule has 0 spiro atoms. The minimum atomic E-state index is -3.81. The van der Waals surface area contributed by atoms with Gasteiger partial charge in [-0.25, -0.2) is 26.3 Å². The van der Waals surface area contributed by atoms with Crippen molar-refractivity contribution >= 4 is 25.8 Å². The van der Waals surface area contributed by atoms with Crippen molar-refractivity contribution < 1.29 is 22.0 Å². The van der Waals surface area contributed by atoms with E-state index in [4.69, 9.17) is 0 Å². The van der Waals surface area contributed by atoms with E-state index in [9.17, 15) is 22.0 Å². The lowest BCUT2D eigenvalue weighted by molar-refractivity contribution is -0.00835. The topological polar surface area (TPSA) is 125 Å². The summed E-state index contributed by atoms with van der Waals surface area (Å²) < 4.78 is 61.4. The van der Waals surface area contributed by atoms with Crippen molar-refractivity contribution in [3.05, 3.63) is 47.5 Å². The fraction of sp³-hybridized carbons (Fsp3) is 0.606. The molecule has 2 aromatic rings. The zero-order valence-electron chi connectivity index (χ0n) is 24.3. The third-order valence-electron chi connectivity index (χ3n) is 12.3. The molecule has 228 valence electrons. The summed E-state index contributed by atoms with van der Waals surface area (Å²) in [6.07, 6.45) is 12.8. The second-order valence-electron chi connectivity index (χ2n) is 15.5. The number of hydrogen-bond acceptors (Lipinski definition) is 6. The molecule has 9 aliphatic carbocycles. The van der Waals surface area contributed by atoms with Gasteiger partial charge in [-0.2, -0.15) is 0 Å². The molecular weight excluding hydrogens is 583 g/mol. The molecule has 0 unspecified atom stereocenters. The van der Waals surface area contributed by atoms with Crippen molar-refractivity contribution in [1.29, 1.82) is 0 Å². The molecule has 8 fully saturated rings. The van der Waals surface area contributed by atoms with Crippen LogP contribution >= 0.6 is 0 Å². The number of fused-ring (bicyclic) bond motifs is 3. The Kier molecular flexibility index (Phi) is 5.62. The first-order valence-electron chi connectivity index (χ1n) is 16.1. The predicted molar refractivity (Wildman–Crippen MR) is 162 cm³/mol. The minimum Gasteiger partial charge on any atom is -0.410 e. The van der Waals surface area contributed by atoms with Crippen molar-refractivity contribution in [2.75, 3.05) is 0 Å². The zero-order valence-corrected chi connectivity index (χ0v) is 25.9. The van der Waals surface area contributed by atoms with Crippen molar-refractivity contribution in [3.8, 4) is 11.1 Å². The molecule has 8 nitrogen and oxygen atoms in total. The van der Waals surface area contributed by atoms with Gasteiger partial charge in [0, 0.05) is 22.2 Å². The molecule has 11 rings (SSSR count). The fourth-order valence-corrected chi connectivity index (χ4v) is 14.6. The Morgan fingerprint density at radius 2 is 0.884 bits per heavy atom. The molecule has 8 bridgehead atoms. The molecule has 0 aliphatic heterocycles. The third kappa shape index (κ3) is 4.22. The van der Waals surface area contributed by atoms with Crippen LogP contribution in [0.3, 0.4) is 0 Å². The van der Waals surface area contributed by atoms with Gasteiger partial charge in [-0.05, 0) is 148 Å². The Labute approximate surface area is 253 Å². The summed E-state index contributed by atoms with van der Waals surface area (Å²) in [4.78, 5) is 0.291. The van der Waals surface area contributed by atoms with Crippen LogP contribution in [-0.4, -0.2) is 38.8 Å². The summed E-state index contributed by atoms with van der Waals surface area (Å²) in [6.45, 7) is 0. The second kappa shape index (κ2) is 8.92. The molecule has 8 saturated carbocycles. The normalized spacial score (nSPS) is 38.4. The van der Waals surface area contributed by atoms with Crippen LogP contribution < -0.4 is 9.44 Å². The van der Waals surface area contributed by atoms with Gasteiger partial charge < -0.3 is 5.21 Å². The number of benzene rings is 2. The molecule has 10 heteroatoms. The third-order valence-corrected chi connectivity index (χ3v) is 15.4. The van der Waals surface area contributed by atoms with Gasteiger partial charge in [0.25, 0.3) is 0 Å². The summed E-state index contributed by atoms with van der Waals surface area (Å²) >= 11 is 0. The van der Waals surface area contributed by atoms with E-state index >= 15 is 0 Å². The van der Waals surface area contributed by atoms with E-state index < -0.39 is 20.0 Å². The first-order valence-corrected chi connectivity index (χ1v) is 19.1. The van der Waals surface area contributed by atoms with Gasteiger partial charge in [-0.3, -0.25) is 0 Å². The van der Waals surface area contributed by atoms with Gasteiger partial charge >= 0.3 is 0 Å². The largest absolute Gasteiger partial charge is 0.410 e. The number of nitrogens with one attached hydrogen (secondary N) is 2. The Bertz CT molecular complexity index is 1600. The van der Waals surface area contributed by atoms with Gasteiger partial charge in [0.15, 0.2) is 0 Å². The van der Waals surface area contributed by atoms with Crippen LogP contribution in [0.2, 0.25) is 0 Å². The molecule has 0 radical (unpaired) electrons. The smallest absolute Gasteiger partial charge is 0.241 e. The maximum atomic E-state index is 13.8. The lowest BCUT2D eigenvalue weighted by Gasteiger charge is -2.56. The van der Waals surface area contributed by atoms with E-state index in [1.165, 1.54) is 38.5 Å². The van der Waals surface area contributed by atoms with Gasteiger partial charge in [0.1, 0.15) is 5.71 Å². The first kappa shape index (κ1) is 27.1. The molecule has 9 aliphatic rings. The second-order valence-corrected chi connectivity index (χ2v) is 18.8. The van der Waals surface area contributed by atoms with Crippen molar-refractivity contribution in [2.45, 2.75) is 97.9 Å². The molecule has 0 atom stereocenters. The predicted octanol–water partition coefficient (Wildman–Crippen LogP) is 5.39. The number of rotatable bonds is 6. The highest BCUT2D eigenvalue weighted by molar-refractivity contribution is 7.89. The Balaban J connectivity index is 1.01. The highest BCUT2D eigenvalue weighted by Crippen LogP contribution is 2.57. The lowest BCUT2D eigenvalue weighted by Crippen LogP contribution is -2.59. The van der Waals surface area contributed by atoms with Crippen molar-refractivity contribution in [1.82, 2.24) is 9.44 Å². The molecule has 0 amide bonds. The Hall–Kier alpha value is -2.27. The van der Waals surface area contributed by atoms with Gasteiger partial charge in [-0.15, -0.1) is 0 Å². The Morgan fingerprint density at radius 1 is 0.558 bits per heavy atom. The number of oxime groups is 1. The van der Waals surface area contributed by atoms with Crippen LogP contribution in [0.15, 0.2) is 51.3 Å². The van der Waals surface area contributed by atoms with E-state index in [1.54, 1.807) is 36.4 Å². The van der Waals surface area contributed by atoms with Crippen LogP contribution in [0.1, 0.15) is 88.2 Å². The minimum absolute atomic E-state index is 0.146. The SMILES string of the molecule is O=S(=O)(NC12CC3CC(CC(C3)C1)C2)c1ccc2c(c1)C(=NO)c1cc(S(=O)(=O)NC34CC5CC(CC(C5)C3)C4)ccc1-2. The zero-order chi connectivity index (χ0) is 29.4.